The summed E-state index contributed by atoms with van der Waals surface area (Å²) in [5.74, 6) is -0.193. The Kier molecular flexibility index (Phi) is 4.60. The van der Waals surface area contributed by atoms with Crippen LogP contribution in [0.1, 0.15) is 11.1 Å². The van der Waals surface area contributed by atoms with E-state index in [1.165, 1.54) is 22.5 Å². The Labute approximate surface area is 138 Å². The molecule has 0 atom stereocenters. The molecule has 0 saturated carbocycles. The maximum atomic E-state index is 12.9. The van der Waals surface area contributed by atoms with Gasteiger partial charge in [0, 0.05) is 12.1 Å². The molecule has 0 aliphatic heterocycles. The quantitative estimate of drug-likeness (QED) is 0.780. The topological polar surface area (TPSA) is 72.7 Å². The molecule has 7 heteroatoms. The second kappa shape index (κ2) is 6.99. The molecule has 0 spiro atoms. The van der Waals surface area contributed by atoms with E-state index in [4.69, 9.17) is 0 Å². The molecule has 122 valence electrons. The Morgan fingerprint density at radius 3 is 2.54 bits per heavy atom. The van der Waals surface area contributed by atoms with Crippen LogP contribution in [0.4, 0.5) is 4.39 Å². The first-order chi connectivity index (χ1) is 11.6. The second-order valence-electron chi connectivity index (χ2n) is 5.41. The monoisotopic (exact) mass is 325 g/mol. The van der Waals surface area contributed by atoms with Crippen LogP contribution in [0.3, 0.4) is 0 Å². The normalized spacial score (nSPS) is 10.6. The fourth-order valence-electron chi connectivity index (χ4n) is 2.12. The molecule has 0 unspecified atom stereocenters. The number of amides is 1. The lowest BCUT2D eigenvalue weighted by atomic mass is 10.1. The summed E-state index contributed by atoms with van der Waals surface area (Å²) in [7, 11) is 0. The maximum absolute atomic E-state index is 12.9. The molecule has 0 radical (unpaired) electrons. The number of aromatic nitrogens is 4. The van der Waals surface area contributed by atoms with Crippen molar-refractivity contribution in [1.82, 2.24) is 25.5 Å². The van der Waals surface area contributed by atoms with Crippen molar-refractivity contribution in [2.75, 3.05) is 0 Å². The minimum absolute atomic E-state index is 0.0277. The van der Waals surface area contributed by atoms with E-state index >= 15 is 0 Å². The summed E-state index contributed by atoms with van der Waals surface area (Å²) in [5, 5.41) is 14.7. The van der Waals surface area contributed by atoms with E-state index in [9.17, 15) is 9.18 Å². The Morgan fingerprint density at radius 1 is 1.12 bits per heavy atom. The third-order valence-corrected chi connectivity index (χ3v) is 3.45. The number of halogens is 1. The van der Waals surface area contributed by atoms with Gasteiger partial charge in [-0.25, -0.2) is 4.39 Å². The van der Waals surface area contributed by atoms with Crippen molar-refractivity contribution in [3.8, 4) is 11.4 Å². The van der Waals surface area contributed by atoms with Crippen molar-refractivity contribution in [2.24, 2.45) is 0 Å². The van der Waals surface area contributed by atoms with E-state index in [1.54, 1.807) is 12.1 Å². The van der Waals surface area contributed by atoms with Crippen LogP contribution >= 0.6 is 0 Å². The molecule has 3 rings (SSSR count). The molecule has 0 fully saturated rings. The van der Waals surface area contributed by atoms with Gasteiger partial charge in [-0.1, -0.05) is 29.8 Å². The highest BCUT2D eigenvalue weighted by Crippen LogP contribution is 2.13. The molecule has 2 aromatic carbocycles. The SMILES string of the molecule is Cc1ccc(CNC(=O)Cn2nnc(-c3ccc(F)cc3)n2)cc1. The average Bonchev–Trinajstić information content (AvgIpc) is 3.03. The summed E-state index contributed by atoms with van der Waals surface area (Å²) in [5.41, 5.74) is 2.83. The first-order valence-corrected chi connectivity index (χ1v) is 7.46. The zero-order chi connectivity index (χ0) is 16.9. The fourth-order valence-corrected chi connectivity index (χ4v) is 2.12. The molecule has 1 N–H and O–H groups in total. The largest absolute Gasteiger partial charge is 0.350 e. The highest BCUT2D eigenvalue weighted by atomic mass is 19.1. The van der Waals surface area contributed by atoms with Crippen LogP contribution in [0.5, 0.6) is 0 Å². The van der Waals surface area contributed by atoms with Crippen LogP contribution in [0.15, 0.2) is 48.5 Å². The average molecular weight is 325 g/mol. The van der Waals surface area contributed by atoms with Gasteiger partial charge in [0.05, 0.1) is 0 Å². The molecule has 1 heterocycles. The van der Waals surface area contributed by atoms with Crippen LogP contribution in [-0.2, 0) is 17.9 Å². The molecule has 0 aliphatic rings. The molecule has 1 aromatic heterocycles. The smallest absolute Gasteiger partial charge is 0.243 e. The molecule has 0 bridgehead atoms. The van der Waals surface area contributed by atoms with Crippen molar-refractivity contribution in [3.05, 3.63) is 65.5 Å². The minimum Gasteiger partial charge on any atom is -0.350 e. The summed E-state index contributed by atoms with van der Waals surface area (Å²) in [6.45, 7) is 2.43. The summed E-state index contributed by atoms with van der Waals surface area (Å²) < 4.78 is 12.9. The number of rotatable bonds is 5. The lowest BCUT2D eigenvalue weighted by Crippen LogP contribution is -2.28. The van der Waals surface area contributed by atoms with Gasteiger partial charge in [-0.3, -0.25) is 4.79 Å². The third kappa shape index (κ3) is 4.01. The Bertz CT molecular complexity index is 827. The molecule has 0 saturated heterocycles. The zero-order valence-corrected chi connectivity index (χ0v) is 13.1. The van der Waals surface area contributed by atoms with E-state index in [0.717, 1.165) is 5.56 Å². The number of tetrazole rings is 1. The number of nitrogens with one attached hydrogen (secondary N) is 1. The minimum atomic E-state index is -0.332. The number of hydrogen-bond donors (Lipinski definition) is 1. The number of carbonyl (C=O) groups excluding carboxylic acids is 1. The van der Waals surface area contributed by atoms with E-state index < -0.39 is 0 Å². The Hall–Kier alpha value is -3.09. The summed E-state index contributed by atoms with van der Waals surface area (Å²) in [6, 6.07) is 13.7. The maximum Gasteiger partial charge on any atom is 0.243 e. The standard InChI is InChI=1S/C17H16FN5O/c1-12-2-4-13(5-3-12)10-19-16(24)11-23-21-17(20-22-23)14-6-8-15(18)9-7-14/h2-9H,10-11H2,1H3,(H,19,24). The van der Waals surface area contributed by atoms with Gasteiger partial charge in [0.2, 0.25) is 11.7 Å². The van der Waals surface area contributed by atoms with Gasteiger partial charge < -0.3 is 5.32 Å². The highest BCUT2D eigenvalue weighted by molar-refractivity contribution is 5.75. The van der Waals surface area contributed by atoms with Crippen molar-refractivity contribution < 1.29 is 9.18 Å². The lowest BCUT2D eigenvalue weighted by molar-refractivity contribution is -0.122. The number of benzene rings is 2. The molecule has 6 nitrogen and oxygen atoms in total. The van der Waals surface area contributed by atoms with Crippen LogP contribution in [0.25, 0.3) is 11.4 Å². The van der Waals surface area contributed by atoms with Crippen LogP contribution in [0, 0.1) is 12.7 Å². The molecular formula is C17H16FN5O. The van der Waals surface area contributed by atoms with Crippen LogP contribution < -0.4 is 5.32 Å². The zero-order valence-electron chi connectivity index (χ0n) is 13.1. The summed E-state index contributed by atoms with van der Waals surface area (Å²) in [6.07, 6.45) is 0. The van der Waals surface area contributed by atoms with Crippen molar-refractivity contribution >= 4 is 5.91 Å². The Morgan fingerprint density at radius 2 is 1.83 bits per heavy atom. The first-order valence-electron chi connectivity index (χ1n) is 7.46. The van der Waals surface area contributed by atoms with Gasteiger partial charge in [0.15, 0.2) is 0 Å². The summed E-state index contributed by atoms with van der Waals surface area (Å²) >= 11 is 0. The van der Waals surface area contributed by atoms with Crippen molar-refractivity contribution in [2.45, 2.75) is 20.0 Å². The lowest BCUT2D eigenvalue weighted by Gasteiger charge is -2.05. The van der Waals surface area contributed by atoms with Crippen molar-refractivity contribution in [1.29, 1.82) is 0 Å². The first kappa shape index (κ1) is 15.8. The van der Waals surface area contributed by atoms with Gasteiger partial charge in [0.25, 0.3) is 0 Å². The third-order valence-electron chi connectivity index (χ3n) is 3.45. The molecule has 0 aliphatic carbocycles. The van der Waals surface area contributed by atoms with Crippen LogP contribution in [-0.4, -0.2) is 26.1 Å². The number of aryl methyl sites for hydroxylation is 1. The highest BCUT2D eigenvalue weighted by Gasteiger charge is 2.09. The van der Waals surface area contributed by atoms with Gasteiger partial charge in [-0.2, -0.15) is 4.80 Å². The summed E-state index contributed by atoms with van der Waals surface area (Å²) in [4.78, 5) is 13.2. The van der Waals surface area contributed by atoms with E-state index in [0.29, 0.717) is 17.9 Å². The molecular weight excluding hydrogens is 309 g/mol. The number of nitrogens with zero attached hydrogens (tertiary/aromatic N) is 4. The fraction of sp³-hybridized carbons (Fsp3) is 0.176. The van der Waals surface area contributed by atoms with Crippen LogP contribution in [0.2, 0.25) is 0 Å². The predicted molar refractivity (Wildman–Crippen MR) is 86.2 cm³/mol. The molecule has 3 aromatic rings. The number of hydrogen-bond acceptors (Lipinski definition) is 4. The van der Waals surface area contributed by atoms with E-state index in [-0.39, 0.29) is 18.3 Å². The number of carbonyl (C=O) groups is 1. The van der Waals surface area contributed by atoms with Gasteiger partial charge in [0.1, 0.15) is 12.4 Å². The van der Waals surface area contributed by atoms with Gasteiger partial charge in [-0.05, 0) is 42.0 Å². The second-order valence-corrected chi connectivity index (χ2v) is 5.41. The molecule has 24 heavy (non-hydrogen) atoms. The van der Waals surface area contributed by atoms with Gasteiger partial charge >= 0.3 is 0 Å². The van der Waals surface area contributed by atoms with Gasteiger partial charge in [-0.15, -0.1) is 10.2 Å². The predicted octanol–water partition coefficient (Wildman–Crippen LogP) is 2.10. The molecule has 1 amide bonds. The van der Waals surface area contributed by atoms with Crippen molar-refractivity contribution in [3.63, 3.8) is 0 Å². The van der Waals surface area contributed by atoms with E-state index in [1.807, 2.05) is 31.2 Å². The Balaban J connectivity index is 1.57. The van der Waals surface area contributed by atoms with E-state index in [2.05, 4.69) is 20.7 Å².